The van der Waals surface area contributed by atoms with Crippen molar-refractivity contribution in [2.45, 2.75) is 18.4 Å². The first-order valence-corrected chi connectivity index (χ1v) is 2.73. The van der Waals surface area contributed by atoms with Gasteiger partial charge >= 0.3 is 36.2 Å². The monoisotopic (exact) mass is 96.1 g/mol. The van der Waals surface area contributed by atoms with Crippen molar-refractivity contribution in [3.8, 4) is 0 Å². The number of rotatable bonds is 1. The van der Waals surface area contributed by atoms with Gasteiger partial charge in [0.05, 0.1) is 0 Å². The predicted octanol–water partition coefficient (Wildman–Crippen LogP) is 1.25. The molecule has 0 aliphatic carbocycles. The van der Waals surface area contributed by atoms with Crippen molar-refractivity contribution in [1.82, 2.24) is 0 Å². The van der Waals surface area contributed by atoms with Crippen molar-refractivity contribution >= 4 is 17.7 Å². The van der Waals surface area contributed by atoms with Gasteiger partial charge in [-0.05, 0) is 0 Å². The molecule has 0 aliphatic rings. The van der Waals surface area contributed by atoms with Crippen molar-refractivity contribution in [2.75, 3.05) is 14.2 Å². The Labute approximate surface area is 55.6 Å². The third-order valence-electron chi connectivity index (χ3n) is 0.500. The summed E-state index contributed by atoms with van der Waals surface area (Å²) >= 11 is 2.18. The summed E-state index contributed by atoms with van der Waals surface area (Å²) in [6.45, 7) is 2.18. The third kappa shape index (κ3) is 56.2. The van der Waals surface area contributed by atoms with E-state index < -0.39 is 0 Å². The average Bonchev–Trinajstić information content (AvgIpc) is 1.69. The van der Waals surface area contributed by atoms with Crippen molar-refractivity contribution in [2.24, 2.45) is 0 Å². The zero-order valence-electron chi connectivity index (χ0n) is 5.82. The van der Waals surface area contributed by atoms with E-state index in [2.05, 4.69) is 29.4 Å². The van der Waals surface area contributed by atoms with E-state index in [0.717, 1.165) is 0 Å². The van der Waals surface area contributed by atoms with Gasteiger partial charge < -0.3 is 4.74 Å². The van der Waals surface area contributed by atoms with Crippen LogP contribution in [-0.4, -0.2) is 31.9 Å². The zero-order chi connectivity index (χ0) is 6.12. The molecule has 40 valence electrons. The van der Waals surface area contributed by atoms with Gasteiger partial charge in [0.15, 0.2) is 0 Å². The Morgan fingerprint density at radius 1 is 1.43 bits per heavy atom. The fourth-order valence-corrected chi connectivity index (χ4v) is 0. The number of ether oxygens (including phenoxy) is 1. The van der Waals surface area contributed by atoms with E-state index in [-0.39, 0.29) is 0 Å². The summed E-state index contributed by atoms with van der Waals surface area (Å²) in [6, 6.07) is 0. The molecule has 0 aliphatic heterocycles. The molecule has 0 radical (unpaired) electrons. The molecular weight excluding hydrogens is 83.0 g/mol. The molecule has 0 unspecified atom stereocenters. The summed E-state index contributed by atoms with van der Waals surface area (Å²) in [5.41, 5.74) is 0. The van der Waals surface area contributed by atoms with Crippen LogP contribution < -0.4 is 0 Å². The minimum absolute atomic E-state index is 1.32. The second-order valence-corrected chi connectivity index (χ2v) is 1.41. The summed E-state index contributed by atoms with van der Waals surface area (Å²) < 4.78 is 4.25. The molecule has 0 aromatic rings. The van der Waals surface area contributed by atoms with Crippen LogP contribution in [0.4, 0.5) is 0 Å². The molecular formula is C5H13LiO. The van der Waals surface area contributed by atoms with Crippen LogP contribution in [0.15, 0.2) is 0 Å². The molecule has 0 aromatic carbocycles. The Morgan fingerprint density at radius 3 is 1.57 bits per heavy atom. The number of methoxy groups -OCH3 is 1. The topological polar surface area (TPSA) is 9.23 Å². The summed E-state index contributed by atoms with van der Waals surface area (Å²) in [6.07, 6.45) is 1.32. The predicted molar refractivity (Wildman–Crippen MR) is 33.8 cm³/mol. The first-order chi connectivity index (χ1) is 3.33. The van der Waals surface area contributed by atoms with Crippen LogP contribution in [0.2, 0.25) is 5.09 Å². The number of hydrogen-bond acceptors (Lipinski definition) is 1. The molecule has 7 heavy (non-hydrogen) atoms. The second kappa shape index (κ2) is 16.0. The van der Waals surface area contributed by atoms with Crippen LogP contribution in [0.25, 0.3) is 0 Å². The van der Waals surface area contributed by atoms with E-state index in [4.69, 9.17) is 0 Å². The molecule has 0 N–H and O–H groups in total. The minimum atomic E-state index is 1.32. The van der Waals surface area contributed by atoms with E-state index in [1.165, 1.54) is 11.5 Å². The molecule has 2 heteroatoms. The molecule has 0 aromatic heterocycles. The van der Waals surface area contributed by atoms with Crippen molar-refractivity contribution in [1.29, 1.82) is 0 Å². The Hall–Kier alpha value is 0.557. The van der Waals surface area contributed by atoms with Crippen LogP contribution >= 0.6 is 0 Å². The molecule has 0 spiro atoms. The van der Waals surface area contributed by atoms with Crippen LogP contribution in [0.1, 0.15) is 13.3 Å². The Balaban J connectivity index is 0. The first kappa shape index (κ1) is 10.5. The Bertz CT molecular complexity index is 15.6. The quantitative estimate of drug-likeness (QED) is 0.446. The maximum atomic E-state index is 4.25. The van der Waals surface area contributed by atoms with Crippen LogP contribution in [0, 0.1) is 0 Å². The molecule has 0 heterocycles. The van der Waals surface area contributed by atoms with Crippen molar-refractivity contribution in [3.05, 3.63) is 0 Å². The Kier molecular flexibility index (Phi) is 24.1. The van der Waals surface area contributed by atoms with Gasteiger partial charge in [-0.3, -0.25) is 0 Å². The average molecular weight is 96.1 g/mol. The van der Waals surface area contributed by atoms with Gasteiger partial charge in [-0.15, -0.1) is 0 Å². The van der Waals surface area contributed by atoms with Gasteiger partial charge in [0.25, 0.3) is 0 Å². The van der Waals surface area contributed by atoms with Crippen LogP contribution in [-0.2, 0) is 4.74 Å². The molecule has 0 atom stereocenters. The van der Waals surface area contributed by atoms with Gasteiger partial charge in [0.2, 0.25) is 0 Å². The maximum absolute atomic E-state index is 4.25. The fraction of sp³-hybridized carbons (Fsp3) is 1.00. The van der Waals surface area contributed by atoms with Crippen LogP contribution in [0.5, 0.6) is 0 Å². The van der Waals surface area contributed by atoms with Crippen LogP contribution in [0.3, 0.4) is 0 Å². The molecule has 0 fully saturated rings. The SMILES string of the molecule is COC.[Li][CH2]CC. The summed E-state index contributed by atoms with van der Waals surface area (Å²) in [5, 5.41) is 1.32. The van der Waals surface area contributed by atoms with E-state index >= 15 is 0 Å². The Morgan fingerprint density at radius 2 is 1.57 bits per heavy atom. The molecule has 0 saturated heterocycles. The molecule has 0 saturated carbocycles. The third-order valence-corrected chi connectivity index (χ3v) is 0.500. The van der Waals surface area contributed by atoms with E-state index in [1.807, 2.05) is 0 Å². The summed E-state index contributed by atoms with van der Waals surface area (Å²) in [4.78, 5) is 0. The second-order valence-electron chi connectivity index (χ2n) is 1.41. The molecule has 0 rings (SSSR count). The summed E-state index contributed by atoms with van der Waals surface area (Å²) in [5.74, 6) is 0. The number of hydrogen-bond donors (Lipinski definition) is 0. The van der Waals surface area contributed by atoms with Gasteiger partial charge in [0, 0.05) is 14.2 Å². The normalized spacial score (nSPS) is 7.00. The molecule has 1 nitrogen and oxygen atoms in total. The zero-order valence-corrected chi connectivity index (χ0v) is 5.82. The van der Waals surface area contributed by atoms with Gasteiger partial charge in [0.1, 0.15) is 0 Å². The van der Waals surface area contributed by atoms with Crippen molar-refractivity contribution in [3.63, 3.8) is 0 Å². The van der Waals surface area contributed by atoms with Gasteiger partial charge in [-0.25, -0.2) is 0 Å². The molecule has 0 amide bonds. The fourth-order valence-electron chi connectivity index (χ4n) is 0. The van der Waals surface area contributed by atoms with E-state index in [9.17, 15) is 0 Å². The van der Waals surface area contributed by atoms with Gasteiger partial charge in [-0.2, -0.15) is 0 Å². The summed E-state index contributed by atoms with van der Waals surface area (Å²) in [7, 11) is 3.25. The van der Waals surface area contributed by atoms with Crippen molar-refractivity contribution < 1.29 is 4.74 Å². The van der Waals surface area contributed by atoms with E-state index in [1.54, 1.807) is 14.2 Å². The first-order valence-electron chi connectivity index (χ1n) is 2.73. The van der Waals surface area contributed by atoms with E-state index in [0.29, 0.717) is 0 Å². The standard InChI is InChI=1S/C3H7.C2H6O.Li/c2*1-3-2;/h1,3H2,2H3;1-2H3;. The molecule has 0 bridgehead atoms. The van der Waals surface area contributed by atoms with Gasteiger partial charge in [-0.1, -0.05) is 0 Å².